The third kappa shape index (κ3) is 17.9. The van der Waals surface area contributed by atoms with Crippen LogP contribution in [0.1, 0.15) is 117 Å². The van der Waals surface area contributed by atoms with Crippen molar-refractivity contribution in [1.29, 1.82) is 0 Å². The van der Waals surface area contributed by atoms with Crippen LogP contribution in [0.25, 0.3) is 0 Å². The first-order valence-electron chi connectivity index (χ1n) is 16.5. The summed E-state index contributed by atoms with van der Waals surface area (Å²) in [5, 5.41) is 49.5. The number of aliphatic hydroxyl groups is 5. The van der Waals surface area contributed by atoms with Crippen LogP contribution in [-0.4, -0.2) is 98.3 Å². The number of hydrogen-bond acceptors (Lipinski definition) is 12. The Morgan fingerprint density at radius 1 is 0.667 bits per heavy atom. The van der Waals surface area contributed by atoms with Crippen LogP contribution >= 0.6 is 7.82 Å². The number of unbranched alkanes of at least 4 members (excludes halogenated alkanes) is 11. The Labute approximate surface area is 267 Å². The van der Waals surface area contributed by atoms with Crippen molar-refractivity contribution in [3.8, 4) is 0 Å². The van der Waals surface area contributed by atoms with E-state index >= 15 is 0 Å². The maximum atomic E-state index is 12.6. The summed E-state index contributed by atoms with van der Waals surface area (Å²) < 4.78 is 32.8. The molecule has 0 aromatic carbocycles. The van der Waals surface area contributed by atoms with E-state index < -0.39 is 75.7 Å². The van der Waals surface area contributed by atoms with Gasteiger partial charge in [0.1, 0.15) is 43.2 Å². The number of esters is 2. The van der Waals surface area contributed by atoms with Gasteiger partial charge in [0.05, 0.1) is 6.61 Å². The zero-order valence-electron chi connectivity index (χ0n) is 26.9. The molecule has 6 unspecified atom stereocenters. The van der Waals surface area contributed by atoms with E-state index in [9.17, 15) is 44.6 Å². The molecule has 1 saturated carbocycles. The molecule has 1 rings (SSSR count). The number of aliphatic hydroxyl groups excluding tert-OH is 5. The van der Waals surface area contributed by atoms with Gasteiger partial charge in [-0.15, -0.1) is 0 Å². The van der Waals surface area contributed by atoms with Crippen LogP contribution in [0.15, 0.2) is 12.2 Å². The van der Waals surface area contributed by atoms with Crippen molar-refractivity contribution in [2.24, 2.45) is 0 Å². The van der Waals surface area contributed by atoms with Crippen LogP contribution in [0.4, 0.5) is 0 Å². The van der Waals surface area contributed by atoms with E-state index in [1.165, 1.54) is 25.7 Å². The molecule has 0 aromatic rings. The molecular formula is C31H57O13P. The van der Waals surface area contributed by atoms with E-state index in [0.717, 1.165) is 51.4 Å². The molecule has 1 aliphatic carbocycles. The van der Waals surface area contributed by atoms with E-state index in [4.69, 9.17) is 18.5 Å². The largest absolute Gasteiger partial charge is 0.472 e. The molecular weight excluding hydrogens is 611 g/mol. The van der Waals surface area contributed by atoms with E-state index in [-0.39, 0.29) is 12.8 Å². The third-order valence-corrected chi connectivity index (χ3v) is 8.59. The molecule has 14 heteroatoms. The second kappa shape index (κ2) is 23.8. The normalized spacial score (nSPS) is 25.6. The van der Waals surface area contributed by atoms with Gasteiger partial charge in [-0.3, -0.25) is 18.6 Å². The minimum absolute atomic E-state index is 0.0878. The van der Waals surface area contributed by atoms with Gasteiger partial charge < -0.3 is 39.9 Å². The van der Waals surface area contributed by atoms with Gasteiger partial charge in [0.15, 0.2) is 6.10 Å². The maximum Gasteiger partial charge on any atom is 0.472 e. The first kappa shape index (κ1) is 41.6. The Morgan fingerprint density at radius 2 is 1.13 bits per heavy atom. The number of carbonyl (C=O) groups is 2. The first-order valence-corrected chi connectivity index (χ1v) is 18.0. The molecule has 13 nitrogen and oxygen atoms in total. The number of phosphoric ester groups is 1. The molecule has 0 aliphatic heterocycles. The summed E-state index contributed by atoms with van der Waals surface area (Å²) in [6.45, 7) is 3.00. The second-order valence-corrected chi connectivity index (χ2v) is 13.1. The van der Waals surface area contributed by atoms with Crippen LogP contribution in [0.5, 0.6) is 0 Å². The number of ether oxygens (including phenoxy) is 2. The topological polar surface area (TPSA) is 210 Å². The number of carbonyl (C=O) groups excluding carboxylic acids is 2. The Bertz CT molecular complexity index is 870. The van der Waals surface area contributed by atoms with Gasteiger partial charge in [-0.05, 0) is 38.5 Å². The Hall–Kier alpha value is -1.41. The molecule has 0 spiro atoms. The highest BCUT2D eigenvalue weighted by molar-refractivity contribution is 7.47. The molecule has 0 heterocycles. The van der Waals surface area contributed by atoms with Crippen LogP contribution in [-0.2, 0) is 32.7 Å². The second-order valence-electron chi connectivity index (χ2n) is 11.7. The standard InChI is InChI=1S/C31H57O13P/c1-3-5-7-8-9-10-11-12-13-14-15-16-18-20-25(33)43-23(21-41-24(32)19-17-6-4-2)22-42-45(39,40)44-31-29(37)27(35)26(34)28(36)30(31)38/h10-11,23,26-31,34-38H,3-9,12-22H2,1-2H3,(H,39,40)/b11-10-. The lowest BCUT2D eigenvalue weighted by Crippen LogP contribution is -2.64. The molecule has 0 bridgehead atoms. The first-order chi connectivity index (χ1) is 21.4. The molecule has 0 saturated heterocycles. The van der Waals surface area contributed by atoms with E-state index in [2.05, 4.69) is 19.1 Å². The molecule has 0 radical (unpaired) electrons. The Kier molecular flexibility index (Phi) is 22.0. The lowest BCUT2D eigenvalue weighted by Gasteiger charge is -2.41. The summed E-state index contributed by atoms with van der Waals surface area (Å²) in [7, 11) is -5.09. The zero-order valence-corrected chi connectivity index (χ0v) is 27.8. The average Bonchev–Trinajstić information content (AvgIpc) is 3.01. The van der Waals surface area contributed by atoms with Crippen molar-refractivity contribution in [3.63, 3.8) is 0 Å². The molecule has 264 valence electrons. The number of allylic oxidation sites excluding steroid dienone is 2. The van der Waals surface area contributed by atoms with Gasteiger partial charge in [-0.1, -0.05) is 77.4 Å². The quantitative estimate of drug-likeness (QED) is 0.0356. The van der Waals surface area contributed by atoms with Crippen molar-refractivity contribution in [2.75, 3.05) is 13.2 Å². The smallest absolute Gasteiger partial charge is 0.462 e. The fourth-order valence-corrected chi connectivity index (χ4v) is 5.78. The fraction of sp³-hybridized carbons (Fsp3) is 0.871. The van der Waals surface area contributed by atoms with Gasteiger partial charge in [0.25, 0.3) is 0 Å². The molecule has 0 amide bonds. The molecule has 0 aromatic heterocycles. The van der Waals surface area contributed by atoms with E-state index in [1.807, 2.05) is 6.92 Å². The van der Waals surface area contributed by atoms with Crippen molar-refractivity contribution in [3.05, 3.63) is 12.2 Å². The lowest BCUT2D eigenvalue weighted by molar-refractivity contribution is -0.220. The molecule has 6 atom stereocenters. The number of rotatable bonds is 25. The highest BCUT2D eigenvalue weighted by Gasteiger charge is 2.51. The summed E-state index contributed by atoms with van der Waals surface area (Å²) in [5.41, 5.74) is 0. The summed E-state index contributed by atoms with van der Waals surface area (Å²) >= 11 is 0. The molecule has 1 fully saturated rings. The summed E-state index contributed by atoms with van der Waals surface area (Å²) in [5.74, 6) is -1.14. The van der Waals surface area contributed by atoms with Crippen LogP contribution < -0.4 is 0 Å². The van der Waals surface area contributed by atoms with Crippen LogP contribution in [0, 0.1) is 0 Å². The highest BCUT2D eigenvalue weighted by Crippen LogP contribution is 2.47. The lowest BCUT2D eigenvalue weighted by atomic mass is 9.85. The van der Waals surface area contributed by atoms with Crippen LogP contribution in [0.3, 0.4) is 0 Å². The minimum atomic E-state index is -5.09. The number of phosphoric acid groups is 1. The van der Waals surface area contributed by atoms with Crippen molar-refractivity contribution >= 4 is 19.8 Å². The Morgan fingerprint density at radius 3 is 1.73 bits per heavy atom. The molecule has 1 aliphatic rings. The van der Waals surface area contributed by atoms with Crippen molar-refractivity contribution < 1.29 is 63.1 Å². The Balaban J connectivity index is 2.54. The molecule has 45 heavy (non-hydrogen) atoms. The van der Waals surface area contributed by atoms with Gasteiger partial charge in [-0.25, -0.2) is 4.57 Å². The third-order valence-electron chi connectivity index (χ3n) is 7.61. The summed E-state index contributed by atoms with van der Waals surface area (Å²) in [6, 6.07) is 0. The summed E-state index contributed by atoms with van der Waals surface area (Å²) in [4.78, 5) is 34.8. The zero-order chi connectivity index (χ0) is 33.7. The van der Waals surface area contributed by atoms with Gasteiger partial charge >= 0.3 is 19.8 Å². The molecule has 6 N–H and O–H groups in total. The van der Waals surface area contributed by atoms with Crippen molar-refractivity contribution in [1.82, 2.24) is 0 Å². The SMILES string of the molecule is CCCCCC/C=C\CCCCCCCC(=O)OC(COC(=O)CCCCC)COP(=O)(O)OC1C(O)C(O)C(O)C(O)C1O. The highest BCUT2D eigenvalue weighted by atomic mass is 31.2. The van der Waals surface area contributed by atoms with E-state index in [1.54, 1.807) is 0 Å². The van der Waals surface area contributed by atoms with Gasteiger partial charge in [0.2, 0.25) is 0 Å². The predicted molar refractivity (Wildman–Crippen MR) is 166 cm³/mol. The fourth-order valence-electron chi connectivity index (χ4n) is 4.81. The van der Waals surface area contributed by atoms with E-state index in [0.29, 0.717) is 12.8 Å². The van der Waals surface area contributed by atoms with Crippen molar-refractivity contribution in [2.45, 2.75) is 159 Å². The minimum Gasteiger partial charge on any atom is -0.462 e. The maximum absolute atomic E-state index is 12.6. The number of hydrogen-bond donors (Lipinski definition) is 6. The average molecular weight is 669 g/mol. The summed E-state index contributed by atoms with van der Waals surface area (Å²) in [6.07, 6.45) is 5.56. The monoisotopic (exact) mass is 668 g/mol. The van der Waals surface area contributed by atoms with Gasteiger partial charge in [-0.2, -0.15) is 0 Å². The van der Waals surface area contributed by atoms with Crippen LogP contribution in [0.2, 0.25) is 0 Å². The van der Waals surface area contributed by atoms with Gasteiger partial charge in [0, 0.05) is 12.8 Å². The predicted octanol–water partition coefficient (Wildman–Crippen LogP) is 3.60.